The maximum absolute atomic E-state index is 5.69. The van der Waals surface area contributed by atoms with Gasteiger partial charge >= 0.3 is 7.05 Å². The van der Waals surface area contributed by atoms with Crippen molar-refractivity contribution in [2.75, 3.05) is 0 Å². The zero-order valence-electron chi connectivity index (χ0n) is 9.00. The quantitative estimate of drug-likeness (QED) is 0.685. The predicted octanol–water partition coefficient (Wildman–Crippen LogP) is 2.41. The Morgan fingerprint density at radius 2 is 2.29 bits per heavy atom. The standard InChI is InChI=1S/C11H16BNO/c1-4-9-5-6-11-10(7-9)8(2)13-12(3)14-11/h5-8,13H,4H2,1-3H3. The molecule has 74 valence electrons. The molecule has 2 nitrogen and oxygen atoms in total. The highest BCUT2D eigenvalue weighted by Crippen LogP contribution is 2.30. The monoisotopic (exact) mass is 189 g/mol. The number of nitrogens with one attached hydrogen (secondary N) is 1. The van der Waals surface area contributed by atoms with Gasteiger partial charge in [0.2, 0.25) is 0 Å². The summed E-state index contributed by atoms with van der Waals surface area (Å²) in [5.41, 5.74) is 2.65. The van der Waals surface area contributed by atoms with Crippen molar-refractivity contribution in [3.8, 4) is 5.75 Å². The minimum atomic E-state index is 0.116. The van der Waals surface area contributed by atoms with E-state index >= 15 is 0 Å². The molecule has 0 aromatic heterocycles. The smallest absolute Gasteiger partial charge is 0.443 e. The fourth-order valence-electron chi connectivity index (χ4n) is 1.93. The van der Waals surface area contributed by atoms with Crippen LogP contribution in [0.15, 0.2) is 18.2 Å². The third kappa shape index (κ3) is 1.64. The lowest BCUT2D eigenvalue weighted by molar-refractivity contribution is 0.486. The first-order valence-electron chi connectivity index (χ1n) is 5.26. The third-order valence-corrected chi connectivity index (χ3v) is 2.74. The molecule has 0 amide bonds. The van der Waals surface area contributed by atoms with E-state index in [1.807, 2.05) is 6.82 Å². The molecule has 1 atom stereocenters. The minimum Gasteiger partial charge on any atom is -0.546 e. The molecular formula is C11H16BNO. The molecule has 0 spiro atoms. The van der Waals surface area contributed by atoms with Gasteiger partial charge in [0, 0.05) is 11.6 Å². The van der Waals surface area contributed by atoms with Crippen LogP contribution in [-0.2, 0) is 6.42 Å². The summed E-state index contributed by atoms with van der Waals surface area (Å²) >= 11 is 0. The fraction of sp³-hybridized carbons (Fsp3) is 0.455. The Labute approximate surface area is 85.8 Å². The molecule has 1 aromatic carbocycles. The molecule has 3 heteroatoms. The second-order valence-electron chi connectivity index (χ2n) is 3.87. The van der Waals surface area contributed by atoms with Crippen molar-refractivity contribution in [3.05, 3.63) is 29.3 Å². The molecule has 0 saturated carbocycles. The summed E-state index contributed by atoms with van der Waals surface area (Å²) in [7, 11) is 0.116. The predicted molar refractivity (Wildman–Crippen MR) is 59.6 cm³/mol. The van der Waals surface area contributed by atoms with Crippen molar-refractivity contribution in [2.45, 2.75) is 33.1 Å². The number of rotatable bonds is 1. The van der Waals surface area contributed by atoms with Crippen LogP contribution in [0.3, 0.4) is 0 Å². The summed E-state index contributed by atoms with van der Waals surface area (Å²) in [6.07, 6.45) is 1.08. The van der Waals surface area contributed by atoms with Crippen LogP contribution in [0.1, 0.15) is 31.0 Å². The van der Waals surface area contributed by atoms with Crippen LogP contribution >= 0.6 is 0 Å². The van der Waals surface area contributed by atoms with Gasteiger partial charge in [-0.1, -0.05) is 19.1 Å². The molecule has 1 unspecified atom stereocenters. The summed E-state index contributed by atoms with van der Waals surface area (Å²) < 4.78 is 5.69. The van der Waals surface area contributed by atoms with Crippen molar-refractivity contribution < 1.29 is 4.65 Å². The Hall–Kier alpha value is -0.955. The van der Waals surface area contributed by atoms with Crippen LogP contribution < -0.4 is 9.88 Å². The van der Waals surface area contributed by atoms with Gasteiger partial charge in [0.05, 0.1) is 0 Å². The van der Waals surface area contributed by atoms with E-state index in [0.29, 0.717) is 6.04 Å². The number of benzene rings is 1. The number of hydrogen-bond donors (Lipinski definition) is 1. The Morgan fingerprint density at radius 3 is 3.00 bits per heavy atom. The molecule has 2 rings (SSSR count). The first kappa shape index (κ1) is 9.59. The summed E-state index contributed by atoms with van der Waals surface area (Å²) in [6, 6.07) is 6.85. The second-order valence-corrected chi connectivity index (χ2v) is 3.87. The van der Waals surface area contributed by atoms with Crippen LogP contribution in [0.4, 0.5) is 0 Å². The molecule has 0 saturated heterocycles. The number of aryl methyl sites for hydroxylation is 1. The summed E-state index contributed by atoms with van der Waals surface area (Å²) in [5.74, 6) is 1.03. The average Bonchev–Trinajstić information content (AvgIpc) is 2.17. The third-order valence-electron chi connectivity index (χ3n) is 2.74. The highest BCUT2D eigenvalue weighted by molar-refractivity contribution is 6.48. The van der Waals surface area contributed by atoms with E-state index in [1.54, 1.807) is 0 Å². The van der Waals surface area contributed by atoms with Gasteiger partial charge in [-0.15, -0.1) is 0 Å². The second kappa shape index (κ2) is 3.66. The molecule has 14 heavy (non-hydrogen) atoms. The summed E-state index contributed by atoms with van der Waals surface area (Å²) in [4.78, 5) is 0. The molecule has 0 bridgehead atoms. The lowest BCUT2D eigenvalue weighted by atomic mass is 9.82. The molecule has 1 aliphatic heterocycles. The van der Waals surface area contributed by atoms with Crippen molar-refractivity contribution in [1.82, 2.24) is 5.23 Å². The lowest BCUT2D eigenvalue weighted by Crippen LogP contribution is -2.42. The first-order chi connectivity index (χ1) is 6.70. The van der Waals surface area contributed by atoms with Gasteiger partial charge < -0.3 is 9.88 Å². The minimum absolute atomic E-state index is 0.116. The van der Waals surface area contributed by atoms with E-state index in [1.165, 1.54) is 11.1 Å². The van der Waals surface area contributed by atoms with Crippen molar-refractivity contribution >= 4 is 7.05 Å². The maximum atomic E-state index is 5.69. The van der Waals surface area contributed by atoms with E-state index in [9.17, 15) is 0 Å². The summed E-state index contributed by atoms with van der Waals surface area (Å²) in [5, 5.41) is 3.36. The number of fused-ring (bicyclic) bond motifs is 1. The fourth-order valence-corrected chi connectivity index (χ4v) is 1.93. The SMILES string of the molecule is CCc1ccc2c(c1)C(C)NB(C)O2. The Balaban J connectivity index is 2.39. The van der Waals surface area contributed by atoms with Crippen LogP contribution in [0, 0.1) is 0 Å². The molecule has 0 aliphatic carbocycles. The van der Waals surface area contributed by atoms with Gasteiger partial charge in [0.25, 0.3) is 0 Å². The molecule has 1 heterocycles. The van der Waals surface area contributed by atoms with Crippen LogP contribution in [0.2, 0.25) is 6.82 Å². The van der Waals surface area contributed by atoms with Gasteiger partial charge in [-0.2, -0.15) is 0 Å². The zero-order valence-corrected chi connectivity index (χ0v) is 9.00. The zero-order chi connectivity index (χ0) is 10.1. The van der Waals surface area contributed by atoms with Crippen LogP contribution in [0.25, 0.3) is 0 Å². The van der Waals surface area contributed by atoms with Crippen LogP contribution in [-0.4, -0.2) is 7.05 Å². The van der Waals surface area contributed by atoms with Crippen molar-refractivity contribution in [1.29, 1.82) is 0 Å². The lowest BCUT2D eigenvalue weighted by Gasteiger charge is -2.28. The summed E-state index contributed by atoms with van der Waals surface area (Å²) in [6.45, 7) is 6.39. The molecule has 1 N–H and O–H groups in total. The van der Waals surface area contributed by atoms with Gasteiger partial charge in [-0.3, -0.25) is 0 Å². The first-order valence-corrected chi connectivity index (χ1v) is 5.26. The van der Waals surface area contributed by atoms with Crippen LogP contribution in [0.5, 0.6) is 5.75 Å². The molecule has 0 radical (unpaired) electrons. The molecule has 1 aromatic rings. The average molecular weight is 189 g/mol. The van der Waals surface area contributed by atoms with Crippen molar-refractivity contribution in [3.63, 3.8) is 0 Å². The normalized spacial score (nSPS) is 20.2. The van der Waals surface area contributed by atoms with Gasteiger partial charge in [-0.05, 0) is 31.8 Å². The Kier molecular flexibility index (Phi) is 2.51. The van der Waals surface area contributed by atoms with E-state index in [-0.39, 0.29) is 7.05 Å². The molecular weight excluding hydrogens is 173 g/mol. The van der Waals surface area contributed by atoms with E-state index in [2.05, 4.69) is 37.3 Å². The highest BCUT2D eigenvalue weighted by Gasteiger charge is 2.24. The van der Waals surface area contributed by atoms with E-state index in [4.69, 9.17) is 4.65 Å². The highest BCUT2D eigenvalue weighted by atomic mass is 16.4. The molecule has 0 fully saturated rings. The topological polar surface area (TPSA) is 21.3 Å². The Morgan fingerprint density at radius 1 is 1.50 bits per heavy atom. The largest absolute Gasteiger partial charge is 0.546 e. The number of hydrogen-bond acceptors (Lipinski definition) is 2. The van der Waals surface area contributed by atoms with Gasteiger partial charge in [-0.25, -0.2) is 0 Å². The van der Waals surface area contributed by atoms with Crippen molar-refractivity contribution in [2.24, 2.45) is 0 Å². The van der Waals surface area contributed by atoms with Gasteiger partial charge in [0.15, 0.2) is 0 Å². The Bertz CT molecular complexity index is 340. The van der Waals surface area contributed by atoms with E-state index < -0.39 is 0 Å². The molecule has 1 aliphatic rings. The van der Waals surface area contributed by atoms with E-state index in [0.717, 1.165) is 12.2 Å². The maximum Gasteiger partial charge on any atom is 0.443 e. The van der Waals surface area contributed by atoms with Gasteiger partial charge in [0.1, 0.15) is 5.75 Å².